The number of benzene rings is 2. The van der Waals surface area contributed by atoms with Gasteiger partial charge in [0, 0.05) is 11.1 Å². The number of nitrogens with one attached hydrogen (secondary N) is 2. The molecule has 1 unspecified atom stereocenters. The SMILES string of the molecule is CCC(NS(=O)(=O)c1nnc(NC(=O)c2ccc(Cl)cc2Cl)s1)c1ccccc1. The van der Waals surface area contributed by atoms with Crippen LogP contribution in [0.5, 0.6) is 0 Å². The van der Waals surface area contributed by atoms with E-state index in [0.717, 1.165) is 16.9 Å². The molecule has 3 aromatic rings. The molecular formula is C18H16Cl2N4O3S2. The first kappa shape index (κ1) is 21.7. The van der Waals surface area contributed by atoms with Crippen molar-refractivity contribution in [1.29, 1.82) is 0 Å². The smallest absolute Gasteiger partial charge is 0.270 e. The number of halogens is 2. The normalized spacial score (nSPS) is 12.5. The van der Waals surface area contributed by atoms with Gasteiger partial charge in [0.05, 0.1) is 10.6 Å². The summed E-state index contributed by atoms with van der Waals surface area (Å²) in [5.74, 6) is -0.546. The highest BCUT2D eigenvalue weighted by Crippen LogP contribution is 2.26. The number of sulfonamides is 1. The Morgan fingerprint density at radius 3 is 2.52 bits per heavy atom. The van der Waals surface area contributed by atoms with Gasteiger partial charge in [0.2, 0.25) is 9.47 Å². The summed E-state index contributed by atoms with van der Waals surface area (Å²) in [6.07, 6.45) is 0.556. The Hall–Kier alpha value is -2.04. The maximum absolute atomic E-state index is 12.7. The van der Waals surface area contributed by atoms with E-state index in [4.69, 9.17) is 23.2 Å². The molecule has 0 aliphatic carbocycles. The van der Waals surface area contributed by atoms with Crippen LogP contribution in [0.3, 0.4) is 0 Å². The summed E-state index contributed by atoms with van der Waals surface area (Å²) >= 11 is 12.6. The van der Waals surface area contributed by atoms with Gasteiger partial charge < -0.3 is 0 Å². The first-order valence-corrected chi connectivity index (χ1v) is 11.5. The Kier molecular flexibility index (Phi) is 6.86. The van der Waals surface area contributed by atoms with E-state index >= 15 is 0 Å². The van der Waals surface area contributed by atoms with Gasteiger partial charge in [-0.25, -0.2) is 13.1 Å². The highest BCUT2D eigenvalue weighted by atomic mass is 35.5. The van der Waals surface area contributed by atoms with Gasteiger partial charge in [0.15, 0.2) is 0 Å². The van der Waals surface area contributed by atoms with Gasteiger partial charge in [-0.1, -0.05) is 71.8 Å². The maximum Gasteiger partial charge on any atom is 0.270 e. The lowest BCUT2D eigenvalue weighted by atomic mass is 10.1. The van der Waals surface area contributed by atoms with E-state index in [9.17, 15) is 13.2 Å². The van der Waals surface area contributed by atoms with Crippen molar-refractivity contribution in [3.8, 4) is 0 Å². The van der Waals surface area contributed by atoms with E-state index < -0.39 is 22.0 Å². The largest absolute Gasteiger partial charge is 0.296 e. The van der Waals surface area contributed by atoms with Gasteiger partial charge in [-0.2, -0.15) is 0 Å². The molecule has 0 bridgehead atoms. The third-order valence-electron chi connectivity index (χ3n) is 3.94. The molecule has 1 heterocycles. The number of carbonyl (C=O) groups is 1. The number of amides is 1. The number of hydrogen-bond acceptors (Lipinski definition) is 6. The van der Waals surface area contributed by atoms with Crippen LogP contribution < -0.4 is 10.0 Å². The summed E-state index contributed by atoms with van der Waals surface area (Å²) < 4.78 is 27.7. The quantitative estimate of drug-likeness (QED) is 0.494. The molecule has 0 aliphatic rings. The van der Waals surface area contributed by atoms with E-state index in [1.165, 1.54) is 18.2 Å². The lowest BCUT2D eigenvalue weighted by Gasteiger charge is -2.16. The summed E-state index contributed by atoms with van der Waals surface area (Å²) in [4.78, 5) is 12.3. The molecule has 0 radical (unpaired) electrons. The topological polar surface area (TPSA) is 101 Å². The number of hydrogen-bond donors (Lipinski definition) is 2. The maximum atomic E-state index is 12.7. The minimum Gasteiger partial charge on any atom is -0.296 e. The molecule has 152 valence electrons. The lowest BCUT2D eigenvalue weighted by Crippen LogP contribution is -2.28. The minimum absolute atomic E-state index is 0.0363. The van der Waals surface area contributed by atoms with Crippen molar-refractivity contribution in [2.24, 2.45) is 0 Å². The van der Waals surface area contributed by atoms with Gasteiger partial charge in [-0.15, -0.1) is 10.2 Å². The van der Waals surface area contributed by atoms with Crippen LogP contribution in [0, 0.1) is 0 Å². The molecule has 1 amide bonds. The van der Waals surface area contributed by atoms with Crippen molar-refractivity contribution in [1.82, 2.24) is 14.9 Å². The van der Waals surface area contributed by atoms with Crippen LogP contribution >= 0.6 is 34.5 Å². The summed E-state index contributed by atoms with van der Waals surface area (Å²) in [5.41, 5.74) is 1.03. The molecule has 0 aliphatic heterocycles. The first-order valence-electron chi connectivity index (χ1n) is 8.47. The molecule has 1 atom stereocenters. The molecule has 0 spiro atoms. The highest BCUT2D eigenvalue weighted by Gasteiger charge is 2.25. The Bertz CT molecular complexity index is 1120. The zero-order valence-electron chi connectivity index (χ0n) is 15.1. The molecule has 2 N–H and O–H groups in total. The summed E-state index contributed by atoms with van der Waals surface area (Å²) in [6.45, 7) is 1.88. The lowest BCUT2D eigenvalue weighted by molar-refractivity contribution is 0.102. The molecule has 0 saturated carbocycles. The monoisotopic (exact) mass is 470 g/mol. The van der Waals surface area contributed by atoms with Crippen LogP contribution in [0.4, 0.5) is 5.13 Å². The Labute approximate surface area is 182 Å². The highest BCUT2D eigenvalue weighted by molar-refractivity contribution is 7.91. The first-order chi connectivity index (χ1) is 13.8. The molecule has 2 aromatic carbocycles. The second-order valence-corrected chi connectivity index (χ2v) is 9.65. The van der Waals surface area contributed by atoms with Crippen LogP contribution in [0.15, 0.2) is 52.9 Å². The van der Waals surface area contributed by atoms with E-state index in [2.05, 4.69) is 20.2 Å². The number of aromatic nitrogens is 2. The van der Waals surface area contributed by atoms with Crippen molar-refractivity contribution in [2.75, 3.05) is 5.32 Å². The number of carbonyl (C=O) groups excluding carboxylic acids is 1. The van der Waals surface area contributed by atoms with Crippen molar-refractivity contribution in [2.45, 2.75) is 23.7 Å². The van der Waals surface area contributed by atoms with E-state index in [1.54, 1.807) is 0 Å². The van der Waals surface area contributed by atoms with E-state index in [-0.39, 0.29) is 20.1 Å². The van der Waals surface area contributed by atoms with Crippen molar-refractivity contribution in [3.05, 3.63) is 69.7 Å². The van der Waals surface area contributed by atoms with Crippen molar-refractivity contribution < 1.29 is 13.2 Å². The van der Waals surface area contributed by atoms with E-state index in [1.807, 2.05) is 37.3 Å². The van der Waals surface area contributed by atoms with Crippen LogP contribution in [0.1, 0.15) is 35.3 Å². The summed E-state index contributed by atoms with van der Waals surface area (Å²) in [6, 6.07) is 13.2. The zero-order valence-corrected chi connectivity index (χ0v) is 18.2. The fourth-order valence-electron chi connectivity index (χ4n) is 2.52. The third-order valence-corrected chi connectivity index (χ3v) is 7.17. The van der Waals surface area contributed by atoms with E-state index in [0.29, 0.717) is 11.4 Å². The average molecular weight is 471 g/mol. The Morgan fingerprint density at radius 2 is 1.86 bits per heavy atom. The fourth-order valence-corrected chi connectivity index (χ4v) is 5.23. The molecule has 3 rings (SSSR count). The predicted octanol–water partition coefficient (Wildman–Crippen LogP) is 4.53. The molecule has 29 heavy (non-hydrogen) atoms. The van der Waals surface area contributed by atoms with Crippen LogP contribution in [0.2, 0.25) is 10.0 Å². The van der Waals surface area contributed by atoms with Crippen LogP contribution in [0.25, 0.3) is 0 Å². The minimum atomic E-state index is -3.91. The summed E-state index contributed by atoms with van der Waals surface area (Å²) in [5, 5.41) is 10.5. The predicted molar refractivity (Wildman–Crippen MR) is 114 cm³/mol. The molecule has 11 heteroatoms. The number of nitrogens with zero attached hydrogens (tertiary/aromatic N) is 2. The molecule has 7 nitrogen and oxygen atoms in total. The van der Waals surface area contributed by atoms with Gasteiger partial charge in [-0.3, -0.25) is 10.1 Å². The van der Waals surface area contributed by atoms with Crippen LogP contribution in [-0.2, 0) is 10.0 Å². The Balaban J connectivity index is 1.75. The zero-order chi connectivity index (χ0) is 21.0. The Morgan fingerprint density at radius 1 is 1.14 bits per heavy atom. The molecule has 1 aromatic heterocycles. The van der Waals surface area contributed by atoms with Gasteiger partial charge in [-0.05, 0) is 30.2 Å². The van der Waals surface area contributed by atoms with Gasteiger partial charge in [0.25, 0.3) is 15.9 Å². The van der Waals surface area contributed by atoms with Crippen LogP contribution in [-0.4, -0.2) is 24.5 Å². The average Bonchev–Trinajstić information content (AvgIpc) is 3.16. The molecule has 0 fully saturated rings. The number of rotatable bonds is 7. The third kappa shape index (κ3) is 5.31. The van der Waals surface area contributed by atoms with Crippen molar-refractivity contribution >= 4 is 55.6 Å². The fraction of sp³-hybridized carbons (Fsp3) is 0.167. The number of anilines is 1. The van der Waals surface area contributed by atoms with Crippen molar-refractivity contribution in [3.63, 3.8) is 0 Å². The van der Waals surface area contributed by atoms with Gasteiger partial charge >= 0.3 is 0 Å². The summed E-state index contributed by atoms with van der Waals surface area (Å²) in [7, 11) is -3.91. The second kappa shape index (κ2) is 9.19. The standard InChI is InChI=1S/C18H16Cl2N4O3S2/c1-2-15(11-6-4-3-5-7-11)24-29(26,27)18-23-22-17(28-18)21-16(25)13-9-8-12(19)10-14(13)20/h3-10,15,24H,2H2,1H3,(H,21,22,25). The second-order valence-electron chi connectivity index (χ2n) is 5.94. The van der Waals surface area contributed by atoms with Gasteiger partial charge in [0.1, 0.15) is 0 Å². The molecule has 0 saturated heterocycles. The molecular weight excluding hydrogens is 455 g/mol.